The van der Waals surface area contributed by atoms with Gasteiger partial charge in [0, 0.05) is 11.8 Å². The van der Waals surface area contributed by atoms with Gasteiger partial charge in [0.05, 0.1) is 0 Å². The van der Waals surface area contributed by atoms with E-state index >= 15 is 0 Å². The monoisotopic (exact) mass is 201 g/mol. The van der Waals surface area contributed by atoms with Crippen LogP contribution in [-0.4, -0.2) is 15.7 Å². The zero-order chi connectivity index (χ0) is 10.1. The van der Waals surface area contributed by atoms with Crippen molar-refractivity contribution in [3.63, 3.8) is 0 Å². The zero-order valence-corrected chi connectivity index (χ0v) is 7.69. The van der Waals surface area contributed by atoms with Gasteiger partial charge >= 0.3 is 0 Å². The van der Waals surface area contributed by atoms with E-state index in [9.17, 15) is 14.9 Å². The molecule has 13 heavy (non-hydrogen) atoms. The fourth-order valence-corrected chi connectivity index (χ4v) is 1.50. The predicted molar refractivity (Wildman–Crippen MR) is 48.0 cm³/mol. The molecule has 0 saturated carbocycles. The van der Waals surface area contributed by atoms with E-state index in [1.54, 1.807) is 12.2 Å². The molecule has 1 rings (SSSR count). The predicted octanol–water partition coefficient (Wildman–Crippen LogP) is 1.53. The Bertz CT molecular complexity index is 311. The maximum atomic E-state index is 10.9. The standard InChI is InChI=1S/C8H8ClNO3/c1-8(10(12)13)5-3-2-4-6(8)7(9)11/h2-6H,1H3. The van der Waals surface area contributed by atoms with E-state index in [1.807, 2.05) is 0 Å². The minimum atomic E-state index is -1.41. The Kier molecular flexibility index (Phi) is 2.52. The van der Waals surface area contributed by atoms with E-state index in [-0.39, 0.29) is 0 Å². The Morgan fingerprint density at radius 1 is 1.62 bits per heavy atom. The lowest BCUT2D eigenvalue weighted by molar-refractivity contribution is -0.555. The highest BCUT2D eigenvalue weighted by molar-refractivity contribution is 6.64. The van der Waals surface area contributed by atoms with Crippen LogP contribution in [0.15, 0.2) is 24.3 Å². The second-order valence-corrected chi connectivity index (χ2v) is 3.38. The Hall–Kier alpha value is -1.16. The molecule has 0 bridgehead atoms. The van der Waals surface area contributed by atoms with E-state index in [0.29, 0.717) is 0 Å². The van der Waals surface area contributed by atoms with Gasteiger partial charge < -0.3 is 0 Å². The van der Waals surface area contributed by atoms with Gasteiger partial charge in [0.1, 0.15) is 5.92 Å². The van der Waals surface area contributed by atoms with Gasteiger partial charge in [-0.25, -0.2) is 0 Å². The molecular weight excluding hydrogens is 194 g/mol. The molecule has 0 amide bonds. The number of halogens is 1. The molecule has 1 aliphatic rings. The molecule has 1 aliphatic carbocycles. The second kappa shape index (κ2) is 3.30. The van der Waals surface area contributed by atoms with E-state index in [1.165, 1.54) is 19.1 Å². The fraction of sp³-hybridized carbons (Fsp3) is 0.375. The number of carbonyl (C=O) groups excluding carboxylic acids is 1. The fourth-order valence-electron chi connectivity index (χ4n) is 1.20. The summed E-state index contributed by atoms with van der Waals surface area (Å²) < 4.78 is 0. The van der Waals surface area contributed by atoms with Crippen molar-refractivity contribution in [2.24, 2.45) is 5.92 Å². The molecule has 0 radical (unpaired) electrons. The SMILES string of the molecule is CC1([N+](=O)[O-])C=CC=CC1C(=O)Cl. The Balaban J connectivity index is 3.07. The first-order valence-electron chi connectivity index (χ1n) is 3.68. The lowest BCUT2D eigenvalue weighted by Gasteiger charge is -2.23. The normalized spacial score (nSPS) is 31.7. The Labute approximate surface area is 80.0 Å². The summed E-state index contributed by atoms with van der Waals surface area (Å²) >= 11 is 5.26. The first kappa shape index (κ1) is 9.92. The minimum Gasteiger partial charge on any atom is -0.280 e. The number of allylic oxidation sites excluding steroid dienone is 2. The molecule has 0 aromatic carbocycles. The van der Waals surface area contributed by atoms with E-state index in [0.717, 1.165) is 0 Å². The zero-order valence-electron chi connectivity index (χ0n) is 6.94. The highest BCUT2D eigenvalue weighted by atomic mass is 35.5. The number of nitro groups is 1. The topological polar surface area (TPSA) is 60.2 Å². The Morgan fingerprint density at radius 2 is 2.23 bits per heavy atom. The van der Waals surface area contributed by atoms with Crippen LogP contribution in [0.1, 0.15) is 6.92 Å². The number of nitrogens with zero attached hydrogens (tertiary/aromatic N) is 1. The lowest BCUT2D eigenvalue weighted by atomic mass is 9.84. The van der Waals surface area contributed by atoms with Crippen LogP contribution >= 0.6 is 11.6 Å². The molecule has 0 aromatic heterocycles. The smallest absolute Gasteiger partial charge is 0.252 e. The van der Waals surface area contributed by atoms with Gasteiger partial charge in [-0.2, -0.15) is 0 Å². The van der Waals surface area contributed by atoms with Crippen molar-refractivity contribution in [2.75, 3.05) is 0 Å². The maximum Gasteiger partial charge on any atom is 0.252 e. The van der Waals surface area contributed by atoms with Crippen molar-refractivity contribution in [3.05, 3.63) is 34.4 Å². The van der Waals surface area contributed by atoms with Crippen LogP contribution in [-0.2, 0) is 4.79 Å². The summed E-state index contributed by atoms with van der Waals surface area (Å²) in [6.07, 6.45) is 5.94. The van der Waals surface area contributed by atoms with Gasteiger partial charge in [-0.05, 0) is 17.7 Å². The van der Waals surface area contributed by atoms with Crippen molar-refractivity contribution in [3.8, 4) is 0 Å². The number of hydrogen-bond acceptors (Lipinski definition) is 3. The third kappa shape index (κ3) is 1.62. The summed E-state index contributed by atoms with van der Waals surface area (Å²) in [5.41, 5.74) is -1.41. The van der Waals surface area contributed by atoms with Crippen molar-refractivity contribution < 1.29 is 9.72 Å². The molecule has 0 spiro atoms. The molecular formula is C8H8ClNO3. The molecule has 0 saturated heterocycles. The molecule has 5 heteroatoms. The van der Waals surface area contributed by atoms with Crippen LogP contribution in [0.2, 0.25) is 0 Å². The third-order valence-corrected chi connectivity index (χ3v) is 2.35. The van der Waals surface area contributed by atoms with Gasteiger partial charge in [-0.15, -0.1) is 0 Å². The van der Waals surface area contributed by atoms with Crippen LogP contribution in [0, 0.1) is 16.0 Å². The van der Waals surface area contributed by atoms with E-state index in [2.05, 4.69) is 0 Å². The quantitative estimate of drug-likeness (QED) is 0.387. The first-order chi connectivity index (χ1) is 5.98. The van der Waals surface area contributed by atoms with Gasteiger partial charge in [0.15, 0.2) is 0 Å². The average Bonchev–Trinajstić information content (AvgIpc) is 2.04. The van der Waals surface area contributed by atoms with Crippen molar-refractivity contribution in [1.29, 1.82) is 0 Å². The van der Waals surface area contributed by atoms with E-state index < -0.39 is 21.6 Å². The number of rotatable bonds is 2. The molecule has 2 unspecified atom stereocenters. The summed E-state index contributed by atoms with van der Waals surface area (Å²) in [5.74, 6) is -0.880. The summed E-state index contributed by atoms with van der Waals surface area (Å²) in [6, 6.07) is 0. The van der Waals surface area contributed by atoms with E-state index in [4.69, 9.17) is 11.6 Å². The van der Waals surface area contributed by atoms with Crippen LogP contribution in [0.4, 0.5) is 0 Å². The molecule has 4 nitrogen and oxygen atoms in total. The summed E-state index contributed by atoms with van der Waals surface area (Å²) in [6.45, 7) is 1.37. The van der Waals surface area contributed by atoms with Gasteiger partial charge in [0.25, 0.3) is 5.54 Å². The molecule has 0 aliphatic heterocycles. The van der Waals surface area contributed by atoms with Crippen LogP contribution in [0.3, 0.4) is 0 Å². The highest BCUT2D eigenvalue weighted by Crippen LogP contribution is 2.29. The molecule has 0 heterocycles. The summed E-state index contributed by atoms with van der Waals surface area (Å²) in [7, 11) is 0. The second-order valence-electron chi connectivity index (χ2n) is 3.01. The van der Waals surface area contributed by atoms with Gasteiger partial charge in [-0.3, -0.25) is 14.9 Å². The Morgan fingerprint density at radius 3 is 2.62 bits per heavy atom. The lowest BCUT2D eigenvalue weighted by Crippen LogP contribution is -2.43. The number of hydrogen-bond donors (Lipinski definition) is 0. The number of carbonyl (C=O) groups is 1. The molecule has 0 fully saturated rings. The van der Waals surface area contributed by atoms with Gasteiger partial charge in [0.2, 0.25) is 5.24 Å². The molecule has 0 aromatic rings. The van der Waals surface area contributed by atoms with Gasteiger partial charge in [-0.1, -0.05) is 18.2 Å². The molecule has 70 valence electrons. The summed E-state index contributed by atoms with van der Waals surface area (Å²) in [4.78, 5) is 21.1. The van der Waals surface area contributed by atoms with Crippen LogP contribution in [0.25, 0.3) is 0 Å². The third-order valence-electron chi connectivity index (χ3n) is 2.12. The highest BCUT2D eigenvalue weighted by Gasteiger charge is 2.46. The van der Waals surface area contributed by atoms with Crippen LogP contribution in [0.5, 0.6) is 0 Å². The van der Waals surface area contributed by atoms with Crippen molar-refractivity contribution in [2.45, 2.75) is 12.5 Å². The largest absolute Gasteiger partial charge is 0.280 e. The minimum absolute atomic E-state index is 0.502. The maximum absolute atomic E-state index is 10.9. The van der Waals surface area contributed by atoms with Crippen LogP contribution < -0.4 is 0 Å². The average molecular weight is 202 g/mol. The molecule has 0 N–H and O–H groups in total. The van der Waals surface area contributed by atoms with Crippen molar-refractivity contribution in [1.82, 2.24) is 0 Å². The summed E-state index contributed by atoms with van der Waals surface area (Å²) in [5, 5.41) is 9.99. The first-order valence-corrected chi connectivity index (χ1v) is 4.06. The molecule has 2 atom stereocenters. The van der Waals surface area contributed by atoms with Crippen molar-refractivity contribution >= 4 is 16.8 Å².